The van der Waals surface area contributed by atoms with Gasteiger partial charge in [0.15, 0.2) is 9.76 Å². The molecular weight excluding hydrogens is 224 g/mol. The Kier molecular flexibility index (Phi) is 4.53. The quantitative estimate of drug-likeness (QED) is 0.799. The lowest BCUT2D eigenvalue weighted by molar-refractivity contribution is 0.591. The summed E-state index contributed by atoms with van der Waals surface area (Å²) in [6, 6.07) is 22.1. The molecule has 2 rings (SSSR count). The highest BCUT2D eigenvalue weighted by atomic mass is 28.2. The maximum atomic E-state index is 9.15. The van der Waals surface area contributed by atoms with E-state index in [0.29, 0.717) is 5.92 Å². The number of hydrogen-bond acceptors (Lipinski definition) is 1. The standard InChI is InChI=1S/C15H18OSi/c16-17-12-11-15(13-7-3-1-4-8-13)14-9-5-2-6-10-14/h1-10,15-16H,11-12,17H2. The van der Waals surface area contributed by atoms with Crippen molar-refractivity contribution in [3.05, 3.63) is 71.8 Å². The second kappa shape index (κ2) is 6.38. The summed E-state index contributed by atoms with van der Waals surface area (Å²) in [6.07, 6.45) is 1.05. The highest BCUT2D eigenvalue weighted by Gasteiger charge is 2.12. The van der Waals surface area contributed by atoms with Crippen molar-refractivity contribution in [1.82, 2.24) is 0 Å². The molecule has 1 N–H and O–H groups in total. The fourth-order valence-corrected chi connectivity index (χ4v) is 2.78. The van der Waals surface area contributed by atoms with Crippen LogP contribution in [0.3, 0.4) is 0 Å². The molecule has 0 aromatic heterocycles. The Morgan fingerprint density at radius 2 is 1.29 bits per heavy atom. The van der Waals surface area contributed by atoms with Crippen molar-refractivity contribution in [3.63, 3.8) is 0 Å². The van der Waals surface area contributed by atoms with Gasteiger partial charge in [-0.2, -0.15) is 0 Å². The lowest BCUT2D eigenvalue weighted by atomic mass is 9.89. The average Bonchev–Trinajstić information content (AvgIpc) is 2.42. The molecule has 2 aromatic carbocycles. The van der Waals surface area contributed by atoms with Gasteiger partial charge in [0.1, 0.15) is 0 Å². The molecule has 2 heteroatoms. The van der Waals surface area contributed by atoms with Gasteiger partial charge in [-0.05, 0) is 23.6 Å². The molecule has 1 nitrogen and oxygen atoms in total. The monoisotopic (exact) mass is 242 g/mol. The number of hydrogen-bond donors (Lipinski definition) is 1. The van der Waals surface area contributed by atoms with Crippen LogP contribution in [0.4, 0.5) is 0 Å². The van der Waals surface area contributed by atoms with Crippen LogP contribution in [0.5, 0.6) is 0 Å². The molecule has 0 fully saturated rings. The van der Waals surface area contributed by atoms with Crippen LogP contribution in [-0.2, 0) is 0 Å². The van der Waals surface area contributed by atoms with Gasteiger partial charge in [0.25, 0.3) is 0 Å². The smallest absolute Gasteiger partial charge is 0.156 e. The predicted octanol–water partition coefficient (Wildman–Crippen LogP) is 2.70. The molecule has 0 unspecified atom stereocenters. The summed E-state index contributed by atoms with van der Waals surface area (Å²) in [4.78, 5) is 9.15. The van der Waals surface area contributed by atoms with Gasteiger partial charge >= 0.3 is 0 Å². The Bertz CT molecular complexity index is 388. The summed E-state index contributed by atoms with van der Waals surface area (Å²) in [5.74, 6) is 0.428. The molecule has 0 aliphatic rings. The maximum absolute atomic E-state index is 9.15. The third kappa shape index (κ3) is 3.28. The Labute approximate surface area is 105 Å². The van der Waals surface area contributed by atoms with Crippen molar-refractivity contribution in [1.29, 1.82) is 0 Å². The van der Waals surface area contributed by atoms with Crippen molar-refractivity contribution in [3.8, 4) is 0 Å². The van der Waals surface area contributed by atoms with Gasteiger partial charge in [-0.1, -0.05) is 60.7 Å². The highest BCUT2D eigenvalue weighted by molar-refractivity contribution is 6.25. The third-order valence-electron chi connectivity index (χ3n) is 3.05. The van der Waals surface area contributed by atoms with E-state index in [1.165, 1.54) is 11.1 Å². The number of benzene rings is 2. The van der Waals surface area contributed by atoms with Gasteiger partial charge < -0.3 is 4.80 Å². The minimum absolute atomic E-state index is 0.428. The van der Waals surface area contributed by atoms with E-state index in [0.717, 1.165) is 12.5 Å². The summed E-state index contributed by atoms with van der Waals surface area (Å²) < 4.78 is 0. The predicted molar refractivity (Wildman–Crippen MR) is 74.9 cm³/mol. The second-order valence-corrected chi connectivity index (χ2v) is 5.39. The third-order valence-corrected chi connectivity index (χ3v) is 3.78. The molecule has 0 aliphatic heterocycles. The normalized spacial score (nSPS) is 11.4. The summed E-state index contributed by atoms with van der Waals surface area (Å²) in [5, 5.41) is 0. The molecule has 0 heterocycles. The van der Waals surface area contributed by atoms with Crippen LogP contribution >= 0.6 is 0 Å². The average molecular weight is 242 g/mol. The van der Waals surface area contributed by atoms with Crippen molar-refractivity contribution in [2.24, 2.45) is 0 Å². The lowest BCUT2D eigenvalue weighted by Gasteiger charge is -2.17. The van der Waals surface area contributed by atoms with Crippen LogP contribution < -0.4 is 0 Å². The molecule has 0 bridgehead atoms. The van der Waals surface area contributed by atoms with Crippen LogP contribution in [-0.4, -0.2) is 14.6 Å². The summed E-state index contributed by atoms with van der Waals surface area (Å²) in [7, 11) is -0.839. The van der Waals surface area contributed by atoms with Gasteiger partial charge in [-0.3, -0.25) is 0 Å². The highest BCUT2D eigenvalue weighted by Crippen LogP contribution is 2.28. The van der Waals surface area contributed by atoms with Crippen molar-refractivity contribution in [2.45, 2.75) is 18.4 Å². The maximum Gasteiger partial charge on any atom is 0.156 e. The van der Waals surface area contributed by atoms with Gasteiger partial charge in [0.2, 0.25) is 0 Å². The first-order valence-corrected chi connectivity index (χ1v) is 7.76. The van der Waals surface area contributed by atoms with E-state index >= 15 is 0 Å². The fraction of sp³-hybridized carbons (Fsp3) is 0.200. The van der Waals surface area contributed by atoms with E-state index < -0.39 is 9.76 Å². The lowest BCUT2D eigenvalue weighted by Crippen LogP contribution is -2.02. The largest absolute Gasteiger partial charge is 0.438 e. The molecule has 0 saturated heterocycles. The van der Waals surface area contributed by atoms with E-state index in [9.17, 15) is 0 Å². The molecule has 0 aliphatic carbocycles. The van der Waals surface area contributed by atoms with E-state index in [1.807, 2.05) is 12.1 Å². The minimum atomic E-state index is -0.839. The molecule has 2 aromatic rings. The topological polar surface area (TPSA) is 20.2 Å². The van der Waals surface area contributed by atoms with Crippen LogP contribution in [0, 0.1) is 0 Å². The molecule has 0 atom stereocenters. The van der Waals surface area contributed by atoms with Gasteiger partial charge in [0.05, 0.1) is 0 Å². The first-order chi connectivity index (χ1) is 8.42. The van der Waals surface area contributed by atoms with Crippen molar-refractivity contribution in [2.75, 3.05) is 0 Å². The summed E-state index contributed by atoms with van der Waals surface area (Å²) in [6.45, 7) is 0. The SMILES string of the molecule is O[SiH2]CCC(c1ccccc1)c1ccccc1. The van der Waals surface area contributed by atoms with Crippen molar-refractivity contribution < 1.29 is 4.80 Å². The zero-order valence-corrected chi connectivity index (χ0v) is 11.3. The van der Waals surface area contributed by atoms with Crippen molar-refractivity contribution >= 4 is 9.76 Å². The molecule has 0 spiro atoms. The van der Waals surface area contributed by atoms with Crippen LogP contribution in [0.1, 0.15) is 23.5 Å². The molecule has 17 heavy (non-hydrogen) atoms. The molecule has 0 radical (unpaired) electrons. The minimum Gasteiger partial charge on any atom is -0.438 e. The molecular formula is C15H18OSi. The second-order valence-electron chi connectivity index (χ2n) is 4.24. The first kappa shape index (κ1) is 12.1. The summed E-state index contributed by atoms with van der Waals surface area (Å²) in [5.41, 5.74) is 2.70. The Morgan fingerprint density at radius 3 is 1.71 bits per heavy atom. The van der Waals surface area contributed by atoms with Crippen LogP contribution in [0.2, 0.25) is 6.04 Å². The zero-order valence-electron chi connectivity index (χ0n) is 9.92. The Hall–Kier alpha value is -1.38. The van der Waals surface area contributed by atoms with Gasteiger partial charge in [-0.25, -0.2) is 0 Å². The molecule has 0 saturated carbocycles. The summed E-state index contributed by atoms with van der Waals surface area (Å²) >= 11 is 0. The molecule has 88 valence electrons. The first-order valence-electron chi connectivity index (χ1n) is 6.12. The van der Waals surface area contributed by atoms with E-state index in [-0.39, 0.29) is 0 Å². The van der Waals surface area contributed by atoms with Crippen LogP contribution in [0.25, 0.3) is 0 Å². The van der Waals surface area contributed by atoms with Gasteiger partial charge in [-0.15, -0.1) is 0 Å². The zero-order chi connectivity index (χ0) is 11.9. The van der Waals surface area contributed by atoms with E-state index in [4.69, 9.17) is 4.80 Å². The Morgan fingerprint density at radius 1 is 0.824 bits per heavy atom. The van der Waals surface area contributed by atoms with E-state index in [1.54, 1.807) is 0 Å². The van der Waals surface area contributed by atoms with Crippen LogP contribution in [0.15, 0.2) is 60.7 Å². The number of rotatable bonds is 5. The Balaban J connectivity index is 2.26. The van der Waals surface area contributed by atoms with E-state index in [2.05, 4.69) is 48.5 Å². The molecule has 0 amide bonds. The van der Waals surface area contributed by atoms with Gasteiger partial charge in [0, 0.05) is 5.92 Å². The fourth-order valence-electron chi connectivity index (χ4n) is 2.19.